The molecular weight excluding hydrogens is 316 g/mol. The van der Waals surface area contributed by atoms with Gasteiger partial charge in [0.1, 0.15) is 5.75 Å². The Morgan fingerprint density at radius 3 is 3.06 bits per heavy atom. The van der Waals surface area contributed by atoms with Crippen LogP contribution in [-0.4, -0.2) is 17.5 Å². The summed E-state index contributed by atoms with van der Waals surface area (Å²) in [6.07, 6.45) is 1.64. The van der Waals surface area contributed by atoms with Crippen LogP contribution < -0.4 is 10.1 Å². The smallest absolute Gasteiger partial charge is 0.261 e. The van der Waals surface area contributed by atoms with Gasteiger partial charge in [0.25, 0.3) is 5.91 Å². The number of amides is 1. The third-order valence-electron chi connectivity index (χ3n) is 2.14. The number of hydrogen-bond donors (Lipinski definition) is 1. The summed E-state index contributed by atoms with van der Waals surface area (Å²) in [6.45, 7) is 2.39. The first-order valence-electron chi connectivity index (χ1n) is 5.34. The summed E-state index contributed by atoms with van der Waals surface area (Å²) in [6, 6.07) is 5.34. The maximum atomic E-state index is 12.1. The monoisotopic (exact) mass is 326 g/mol. The molecule has 2 rings (SSSR count). The van der Waals surface area contributed by atoms with Gasteiger partial charge in [0.15, 0.2) is 5.13 Å². The number of carbonyl (C=O) groups excluding carboxylic acids is 1. The van der Waals surface area contributed by atoms with Crippen LogP contribution in [0.3, 0.4) is 0 Å². The Morgan fingerprint density at radius 1 is 1.56 bits per heavy atom. The zero-order valence-electron chi connectivity index (χ0n) is 9.64. The zero-order chi connectivity index (χ0) is 13.0. The number of carbonyl (C=O) groups is 1. The van der Waals surface area contributed by atoms with Crippen molar-refractivity contribution in [3.05, 3.63) is 39.8 Å². The predicted octanol–water partition coefficient (Wildman–Crippen LogP) is 3.56. The molecule has 0 fully saturated rings. The highest BCUT2D eigenvalue weighted by Crippen LogP contribution is 2.24. The number of thiazole rings is 1. The molecule has 2 aromatic rings. The van der Waals surface area contributed by atoms with Gasteiger partial charge in [0.2, 0.25) is 0 Å². The molecule has 0 radical (unpaired) electrons. The van der Waals surface area contributed by atoms with Gasteiger partial charge in [-0.1, -0.05) is 15.9 Å². The van der Waals surface area contributed by atoms with Gasteiger partial charge in [-0.2, -0.15) is 0 Å². The van der Waals surface area contributed by atoms with E-state index in [0.29, 0.717) is 23.1 Å². The molecule has 94 valence electrons. The van der Waals surface area contributed by atoms with Crippen molar-refractivity contribution in [2.75, 3.05) is 11.9 Å². The molecule has 0 aliphatic heterocycles. The van der Waals surface area contributed by atoms with E-state index in [1.54, 1.807) is 23.7 Å². The van der Waals surface area contributed by atoms with Crippen LogP contribution in [0.5, 0.6) is 5.75 Å². The van der Waals surface area contributed by atoms with E-state index in [1.807, 2.05) is 13.0 Å². The Balaban J connectivity index is 2.25. The van der Waals surface area contributed by atoms with E-state index in [1.165, 1.54) is 11.3 Å². The molecule has 1 aromatic heterocycles. The lowest BCUT2D eigenvalue weighted by molar-refractivity contribution is 0.102. The second kappa shape index (κ2) is 5.97. The molecule has 0 aliphatic carbocycles. The Kier molecular flexibility index (Phi) is 4.33. The maximum absolute atomic E-state index is 12.1. The highest BCUT2D eigenvalue weighted by Gasteiger charge is 2.14. The fourth-order valence-electron chi connectivity index (χ4n) is 1.41. The van der Waals surface area contributed by atoms with Crippen LogP contribution in [0, 0.1) is 0 Å². The molecular formula is C12H11BrN2O2S. The molecule has 1 N–H and O–H groups in total. The SMILES string of the molecule is CCOc1ccc(Br)cc1C(=O)Nc1nccs1. The minimum Gasteiger partial charge on any atom is -0.493 e. The Bertz CT molecular complexity index is 543. The van der Waals surface area contributed by atoms with E-state index < -0.39 is 0 Å². The van der Waals surface area contributed by atoms with Crippen LogP contribution in [0.4, 0.5) is 5.13 Å². The summed E-state index contributed by atoms with van der Waals surface area (Å²) in [5.74, 6) is 0.337. The predicted molar refractivity (Wildman–Crippen MR) is 75.4 cm³/mol. The Morgan fingerprint density at radius 2 is 2.39 bits per heavy atom. The minimum absolute atomic E-state index is 0.227. The summed E-state index contributed by atoms with van der Waals surface area (Å²) < 4.78 is 6.26. The quantitative estimate of drug-likeness (QED) is 0.934. The van der Waals surface area contributed by atoms with Crippen LogP contribution in [-0.2, 0) is 0 Å². The van der Waals surface area contributed by atoms with Gasteiger partial charge in [0.05, 0.1) is 12.2 Å². The molecule has 1 heterocycles. The third kappa shape index (κ3) is 3.08. The van der Waals surface area contributed by atoms with E-state index in [0.717, 1.165) is 4.47 Å². The van der Waals surface area contributed by atoms with E-state index in [-0.39, 0.29) is 5.91 Å². The molecule has 0 bridgehead atoms. The number of ether oxygens (including phenoxy) is 1. The molecule has 0 saturated carbocycles. The van der Waals surface area contributed by atoms with Crippen LogP contribution in [0.2, 0.25) is 0 Å². The lowest BCUT2D eigenvalue weighted by atomic mass is 10.2. The molecule has 4 nitrogen and oxygen atoms in total. The van der Waals surface area contributed by atoms with Crippen molar-refractivity contribution in [2.24, 2.45) is 0 Å². The number of rotatable bonds is 4. The fraction of sp³-hybridized carbons (Fsp3) is 0.167. The van der Waals surface area contributed by atoms with Gasteiger partial charge in [-0.3, -0.25) is 10.1 Å². The van der Waals surface area contributed by atoms with Gasteiger partial charge in [0, 0.05) is 16.0 Å². The minimum atomic E-state index is -0.227. The highest BCUT2D eigenvalue weighted by atomic mass is 79.9. The second-order valence-electron chi connectivity index (χ2n) is 3.36. The molecule has 0 spiro atoms. The highest BCUT2D eigenvalue weighted by molar-refractivity contribution is 9.10. The topological polar surface area (TPSA) is 51.2 Å². The summed E-state index contributed by atoms with van der Waals surface area (Å²) >= 11 is 4.72. The number of aromatic nitrogens is 1. The number of benzene rings is 1. The summed E-state index contributed by atoms with van der Waals surface area (Å²) in [7, 11) is 0. The summed E-state index contributed by atoms with van der Waals surface area (Å²) in [5, 5.41) is 5.11. The average Bonchev–Trinajstić information content (AvgIpc) is 2.84. The molecule has 18 heavy (non-hydrogen) atoms. The average molecular weight is 327 g/mol. The van der Waals surface area contributed by atoms with Crippen molar-refractivity contribution in [3.63, 3.8) is 0 Å². The van der Waals surface area contributed by atoms with E-state index in [9.17, 15) is 4.79 Å². The Hall–Kier alpha value is -1.40. The van der Waals surface area contributed by atoms with E-state index in [4.69, 9.17) is 4.74 Å². The molecule has 0 atom stereocenters. The molecule has 0 aliphatic rings. The maximum Gasteiger partial charge on any atom is 0.261 e. The van der Waals surface area contributed by atoms with Crippen LogP contribution in [0.1, 0.15) is 17.3 Å². The third-order valence-corrected chi connectivity index (χ3v) is 3.32. The molecule has 1 aromatic carbocycles. The molecule has 1 amide bonds. The van der Waals surface area contributed by atoms with Gasteiger partial charge in [-0.25, -0.2) is 4.98 Å². The summed E-state index contributed by atoms with van der Waals surface area (Å²) in [4.78, 5) is 16.1. The Labute approximate surface area is 117 Å². The largest absolute Gasteiger partial charge is 0.493 e. The number of nitrogens with zero attached hydrogens (tertiary/aromatic N) is 1. The first kappa shape index (κ1) is 13.0. The lowest BCUT2D eigenvalue weighted by Gasteiger charge is -2.09. The molecule has 0 saturated heterocycles. The van der Waals surface area contributed by atoms with Crippen molar-refractivity contribution in [3.8, 4) is 5.75 Å². The van der Waals surface area contributed by atoms with Crippen molar-refractivity contribution >= 4 is 38.3 Å². The van der Waals surface area contributed by atoms with Crippen LogP contribution >= 0.6 is 27.3 Å². The lowest BCUT2D eigenvalue weighted by Crippen LogP contribution is -2.13. The standard InChI is InChI=1S/C12H11BrN2O2S/c1-2-17-10-4-3-8(13)7-9(10)11(16)15-12-14-5-6-18-12/h3-7H,2H2,1H3,(H,14,15,16). The van der Waals surface area contributed by atoms with Crippen LogP contribution in [0.25, 0.3) is 0 Å². The zero-order valence-corrected chi connectivity index (χ0v) is 12.0. The number of halogens is 1. The van der Waals surface area contributed by atoms with E-state index >= 15 is 0 Å². The summed E-state index contributed by atoms with van der Waals surface area (Å²) in [5.41, 5.74) is 0.487. The van der Waals surface area contributed by atoms with Gasteiger partial charge >= 0.3 is 0 Å². The van der Waals surface area contributed by atoms with Gasteiger partial charge in [-0.05, 0) is 25.1 Å². The van der Waals surface area contributed by atoms with Crippen molar-refractivity contribution in [1.82, 2.24) is 4.98 Å². The number of nitrogens with one attached hydrogen (secondary N) is 1. The number of hydrogen-bond acceptors (Lipinski definition) is 4. The van der Waals surface area contributed by atoms with Crippen LogP contribution in [0.15, 0.2) is 34.2 Å². The fourth-order valence-corrected chi connectivity index (χ4v) is 2.30. The first-order chi connectivity index (χ1) is 8.70. The van der Waals surface area contributed by atoms with Crippen molar-refractivity contribution in [1.29, 1.82) is 0 Å². The first-order valence-corrected chi connectivity index (χ1v) is 7.01. The van der Waals surface area contributed by atoms with Gasteiger partial charge in [-0.15, -0.1) is 11.3 Å². The van der Waals surface area contributed by atoms with Gasteiger partial charge < -0.3 is 4.74 Å². The van der Waals surface area contributed by atoms with E-state index in [2.05, 4.69) is 26.2 Å². The molecule has 0 unspecified atom stereocenters. The van der Waals surface area contributed by atoms with Crippen molar-refractivity contribution < 1.29 is 9.53 Å². The van der Waals surface area contributed by atoms with Crippen molar-refractivity contribution in [2.45, 2.75) is 6.92 Å². The molecule has 6 heteroatoms. The number of anilines is 1. The second-order valence-corrected chi connectivity index (χ2v) is 5.18. The normalized spacial score (nSPS) is 10.1.